The third kappa shape index (κ3) is 2.14. The van der Waals surface area contributed by atoms with Crippen LogP contribution in [0.2, 0.25) is 5.02 Å². The summed E-state index contributed by atoms with van der Waals surface area (Å²) < 4.78 is 0. The Kier molecular flexibility index (Phi) is 3.33. The average Bonchev–Trinajstić information content (AvgIpc) is 2.55. The van der Waals surface area contributed by atoms with Gasteiger partial charge in [0, 0.05) is 24.1 Å². The van der Waals surface area contributed by atoms with Crippen LogP contribution in [0.5, 0.6) is 0 Å². The fourth-order valence-electron chi connectivity index (χ4n) is 3.23. The highest BCUT2D eigenvalue weighted by molar-refractivity contribution is 6.31. The number of hydrogen-bond acceptors (Lipinski definition) is 5. The number of allylic oxidation sites excluding steroid dienone is 1. The Balaban J connectivity index is 1.98. The largest absolute Gasteiger partial charge is 0.623 e. The zero-order valence-corrected chi connectivity index (χ0v) is 13.4. The van der Waals surface area contributed by atoms with Crippen LogP contribution < -0.4 is 5.06 Å². The molecule has 6 nitrogen and oxygen atoms in total. The molecule has 0 bridgehead atoms. The minimum Gasteiger partial charge on any atom is -0.623 e. The average molecular weight is 331 g/mol. The van der Waals surface area contributed by atoms with Crippen molar-refractivity contribution in [3.8, 4) is 0 Å². The Bertz CT molecular complexity index is 812. The molecule has 0 aromatic heterocycles. The Morgan fingerprint density at radius 2 is 2.22 bits per heavy atom. The van der Waals surface area contributed by atoms with Crippen molar-refractivity contribution in [2.24, 2.45) is 10.1 Å². The number of halogens is 1. The van der Waals surface area contributed by atoms with Crippen LogP contribution in [-0.4, -0.2) is 28.9 Å². The van der Waals surface area contributed by atoms with Gasteiger partial charge in [0.05, 0.1) is 5.71 Å². The summed E-state index contributed by atoms with van der Waals surface area (Å²) in [6.07, 6.45) is 1.94. The fourth-order valence-corrected chi connectivity index (χ4v) is 3.40. The van der Waals surface area contributed by atoms with Gasteiger partial charge in [0.2, 0.25) is 5.84 Å². The second kappa shape index (κ2) is 5.26. The van der Waals surface area contributed by atoms with Gasteiger partial charge in [-0.3, -0.25) is 4.79 Å². The Labute approximate surface area is 138 Å². The lowest BCUT2D eigenvalue weighted by Gasteiger charge is -2.37. The van der Waals surface area contributed by atoms with Gasteiger partial charge in [0.1, 0.15) is 11.3 Å². The quantitative estimate of drug-likeness (QED) is 0.801. The molecule has 1 aromatic carbocycles. The predicted octanol–water partition coefficient (Wildman–Crippen LogP) is 2.10. The number of nitrogens with zero attached hydrogens (tertiary/aromatic N) is 3. The lowest BCUT2D eigenvalue weighted by atomic mass is 9.88. The van der Waals surface area contributed by atoms with E-state index in [-0.39, 0.29) is 10.8 Å². The first-order valence-electron chi connectivity index (χ1n) is 7.66. The number of quaternary nitrogens is 1. The SMILES string of the molecule is CCN1N=C2CCCC(=O)C2=C2C1=Nc1ccc(Cl)cc1[NH+]2[O-]. The molecule has 1 N–H and O–H groups in total. The van der Waals surface area contributed by atoms with E-state index in [1.807, 2.05) is 6.92 Å². The van der Waals surface area contributed by atoms with E-state index in [0.717, 1.165) is 6.42 Å². The number of fused-ring (bicyclic) bond motifs is 3. The van der Waals surface area contributed by atoms with Gasteiger partial charge in [-0.05, 0) is 31.9 Å². The van der Waals surface area contributed by atoms with Crippen LogP contribution in [0, 0.1) is 5.21 Å². The van der Waals surface area contributed by atoms with Crippen molar-refractivity contribution < 1.29 is 9.86 Å². The van der Waals surface area contributed by atoms with E-state index in [1.54, 1.807) is 23.2 Å². The van der Waals surface area contributed by atoms with E-state index in [9.17, 15) is 10.0 Å². The molecule has 1 unspecified atom stereocenters. The molecule has 1 atom stereocenters. The molecular formula is C16H15ClN4O2. The van der Waals surface area contributed by atoms with Crippen molar-refractivity contribution in [2.45, 2.75) is 26.2 Å². The molecule has 23 heavy (non-hydrogen) atoms. The van der Waals surface area contributed by atoms with E-state index in [2.05, 4.69) is 10.1 Å². The van der Waals surface area contributed by atoms with E-state index >= 15 is 0 Å². The van der Waals surface area contributed by atoms with Gasteiger partial charge in [0.15, 0.2) is 17.2 Å². The maximum atomic E-state index is 13.0. The summed E-state index contributed by atoms with van der Waals surface area (Å²) in [7, 11) is 0. The second-order valence-electron chi connectivity index (χ2n) is 5.72. The summed E-state index contributed by atoms with van der Waals surface area (Å²) in [5.74, 6) is 0.452. The van der Waals surface area contributed by atoms with Crippen LogP contribution in [-0.2, 0) is 4.79 Å². The number of hydroxylamine groups is 1. The molecule has 2 heterocycles. The van der Waals surface area contributed by atoms with Crippen molar-refractivity contribution in [1.29, 1.82) is 0 Å². The summed E-state index contributed by atoms with van der Waals surface area (Å²) in [5, 5.41) is 19.6. The normalized spacial score (nSPS) is 23.0. The number of benzene rings is 1. The maximum Gasteiger partial charge on any atom is 0.213 e. The zero-order chi connectivity index (χ0) is 16.1. The van der Waals surface area contributed by atoms with Gasteiger partial charge in [0.25, 0.3) is 0 Å². The van der Waals surface area contributed by atoms with Gasteiger partial charge in [-0.25, -0.2) is 10.0 Å². The summed E-state index contributed by atoms with van der Waals surface area (Å²) in [4.78, 5) is 17.0. The van der Waals surface area contributed by atoms with Crippen LogP contribution in [0.3, 0.4) is 0 Å². The first kappa shape index (κ1) is 14.6. The number of hydrazone groups is 1. The number of hydrogen-bond donors (Lipinski definition) is 1. The van der Waals surface area contributed by atoms with Crippen LogP contribution in [0.1, 0.15) is 26.2 Å². The smallest absolute Gasteiger partial charge is 0.213 e. The number of amidine groups is 1. The van der Waals surface area contributed by atoms with Crippen molar-refractivity contribution in [3.63, 3.8) is 0 Å². The number of nitrogens with one attached hydrogen (secondary N) is 1. The molecule has 1 aliphatic carbocycles. The van der Waals surface area contributed by atoms with Gasteiger partial charge in [-0.1, -0.05) is 11.6 Å². The minimum atomic E-state index is -0.191. The van der Waals surface area contributed by atoms with Crippen molar-refractivity contribution in [3.05, 3.63) is 39.7 Å². The standard InChI is InChI=1S/C16H15ClN4O2/c1-2-20-16-15(14-11(19-20)4-3-5-13(14)22)21(23)12-8-9(17)6-7-10(12)18-16/h6-8,21H,2-5H2,1H3. The van der Waals surface area contributed by atoms with Crippen LogP contribution in [0.4, 0.5) is 11.4 Å². The third-order valence-corrected chi connectivity index (χ3v) is 4.54. The van der Waals surface area contributed by atoms with Gasteiger partial charge >= 0.3 is 0 Å². The molecule has 0 saturated heterocycles. The molecular weight excluding hydrogens is 316 g/mol. The highest BCUT2D eigenvalue weighted by Crippen LogP contribution is 2.33. The highest BCUT2D eigenvalue weighted by Gasteiger charge is 2.40. The van der Waals surface area contributed by atoms with Gasteiger partial charge in [-0.2, -0.15) is 5.10 Å². The molecule has 118 valence electrons. The molecule has 4 rings (SSSR count). The Morgan fingerprint density at radius 3 is 3.00 bits per heavy atom. The summed E-state index contributed by atoms with van der Waals surface area (Å²) in [6, 6.07) is 5.04. The van der Waals surface area contributed by atoms with E-state index in [1.165, 1.54) is 0 Å². The Hall–Kier alpha value is -2.02. The molecule has 0 radical (unpaired) electrons. The van der Waals surface area contributed by atoms with Crippen LogP contribution >= 0.6 is 11.6 Å². The summed E-state index contributed by atoms with van der Waals surface area (Å²) >= 11 is 6.02. The van der Waals surface area contributed by atoms with Gasteiger partial charge in [-0.15, -0.1) is 0 Å². The van der Waals surface area contributed by atoms with E-state index < -0.39 is 0 Å². The summed E-state index contributed by atoms with van der Waals surface area (Å²) in [5.41, 5.74) is 2.56. The topological polar surface area (TPSA) is 72.5 Å². The number of ketones is 1. The molecule has 0 amide bonds. The van der Waals surface area contributed by atoms with Crippen LogP contribution in [0.15, 0.2) is 39.6 Å². The number of Topliss-reactive ketones (excluding diaryl/α,β-unsaturated/α-hetero) is 1. The molecule has 7 heteroatoms. The first-order chi connectivity index (χ1) is 11.1. The van der Waals surface area contributed by atoms with Crippen LogP contribution in [0.25, 0.3) is 0 Å². The number of carbonyl (C=O) groups excluding carboxylic acids is 1. The molecule has 1 saturated carbocycles. The van der Waals surface area contributed by atoms with E-state index in [0.29, 0.717) is 58.6 Å². The number of rotatable bonds is 1. The molecule has 0 spiro atoms. The number of carbonyl (C=O) groups is 1. The molecule has 1 aromatic rings. The monoisotopic (exact) mass is 330 g/mol. The highest BCUT2D eigenvalue weighted by atomic mass is 35.5. The fraction of sp³-hybridized carbons (Fsp3) is 0.312. The third-order valence-electron chi connectivity index (χ3n) is 4.30. The van der Waals surface area contributed by atoms with Crippen molar-refractivity contribution >= 4 is 40.3 Å². The van der Waals surface area contributed by atoms with Crippen molar-refractivity contribution in [1.82, 2.24) is 5.01 Å². The summed E-state index contributed by atoms with van der Waals surface area (Å²) in [6.45, 7) is 2.53. The van der Waals surface area contributed by atoms with Gasteiger partial charge < -0.3 is 10.3 Å². The lowest BCUT2D eigenvalue weighted by Crippen LogP contribution is -3.02. The first-order valence-corrected chi connectivity index (χ1v) is 8.04. The molecule has 1 fully saturated rings. The van der Waals surface area contributed by atoms with Crippen molar-refractivity contribution in [2.75, 3.05) is 6.54 Å². The maximum absolute atomic E-state index is 13.0. The Morgan fingerprint density at radius 1 is 1.39 bits per heavy atom. The predicted molar refractivity (Wildman–Crippen MR) is 88.2 cm³/mol. The number of aliphatic imine (C=N–C) groups is 1. The zero-order valence-electron chi connectivity index (χ0n) is 12.6. The lowest BCUT2D eigenvalue weighted by molar-refractivity contribution is -0.725. The minimum absolute atomic E-state index is 0.0210. The molecule has 3 aliphatic rings. The van der Waals surface area contributed by atoms with E-state index in [4.69, 9.17) is 11.6 Å². The second-order valence-corrected chi connectivity index (χ2v) is 6.15. The number of likely N-dealkylation sites (N-methyl/N-ethyl adjacent to an activating group) is 1. The molecule has 2 aliphatic heterocycles.